The van der Waals surface area contributed by atoms with Crippen molar-refractivity contribution in [2.45, 2.75) is 38.1 Å². The second-order valence-electron chi connectivity index (χ2n) is 4.73. The molecule has 0 unspecified atom stereocenters. The molecule has 18 heavy (non-hydrogen) atoms. The van der Waals surface area contributed by atoms with Gasteiger partial charge < -0.3 is 9.64 Å². The summed E-state index contributed by atoms with van der Waals surface area (Å²) in [6.45, 7) is 1.04. The second-order valence-corrected chi connectivity index (χ2v) is 5.52. The molecule has 1 aromatic heterocycles. The Bertz CT molecular complexity index is 367. The predicted octanol–water partition coefficient (Wildman–Crippen LogP) is 3.62. The number of aromatic nitrogens is 1. The van der Waals surface area contributed by atoms with Crippen LogP contribution in [0.3, 0.4) is 0 Å². The number of ether oxygens (including phenoxy) is 1. The van der Waals surface area contributed by atoms with Crippen LogP contribution in [-0.2, 0) is 0 Å². The molecule has 1 aliphatic carbocycles. The fraction of sp³-hybridized carbons (Fsp3) is 0.643. The van der Waals surface area contributed by atoms with Gasteiger partial charge in [0.15, 0.2) is 0 Å². The highest BCUT2D eigenvalue weighted by molar-refractivity contribution is 9.09. The number of rotatable bonds is 5. The first kappa shape index (κ1) is 13.7. The van der Waals surface area contributed by atoms with Crippen molar-refractivity contribution in [2.75, 3.05) is 23.9 Å². The average Bonchev–Trinajstić information content (AvgIpc) is 2.46. The van der Waals surface area contributed by atoms with E-state index in [0.717, 1.165) is 11.9 Å². The molecule has 0 atom stereocenters. The van der Waals surface area contributed by atoms with Crippen LogP contribution in [0.1, 0.15) is 32.1 Å². The molecule has 1 fully saturated rings. The first-order valence-electron chi connectivity index (χ1n) is 6.68. The second kappa shape index (κ2) is 6.98. The Morgan fingerprint density at radius 1 is 1.39 bits per heavy atom. The normalized spacial score (nSPS) is 16.6. The maximum absolute atomic E-state index is 5.22. The number of nitrogens with zero attached hydrogens (tertiary/aromatic N) is 2. The molecule has 0 amide bonds. The summed E-state index contributed by atoms with van der Waals surface area (Å²) in [5.41, 5.74) is 1.23. The SMILES string of the molecule is COc1cc(N(CCBr)C2CCCCC2)ccn1. The molecular weight excluding hydrogens is 292 g/mol. The van der Waals surface area contributed by atoms with Crippen LogP contribution < -0.4 is 9.64 Å². The van der Waals surface area contributed by atoms with Crippen molar-refractivity contribution in [3.63, 3.8) is 0 Å². The Hall–Kier alpha value is -0.770. The molecule has 0 aromatic carbocycles. The molecule has 3 nitrogen and oxygen atoms in total. The van der Waals surface area contributed by atoms with E-state index in [0.29, 0.717) is 11.9 Å². The lowest BCUT2D eigenvalue weighted by Crippen LogP contribution is -2.38. The van der Waals surface area contributed by atoms with Crippen molar-refractivity contribution in [1.82, 2.24) is 4.98 Å². The maximum atomic E-state index is 5.22. The van der Waals surface area contributed by atoms with Gasteiger partial charge in [-0.25, -0.2) is 4.98 Å². The summed E-state index contributed by atoms with van der Waals surface area (Å²) in [5.74, 6) is 0.697. The van der Waals surface area contributed by atoms with Crippen molar-refractivity contribution >= 4 is 21.6 Å². The lowest BCUT2D eigenvalue weighted by molar-refractivity contribution is 0.395. The molecule has 0 radical (unpaired) electrons. The quantitative estimate of drug-likeness (QED) is 0.776. The van der Waals surface area contributed by atoms with E-state index >= 15 is 0 Å². The molecule has 0 bridgehead atoms. The van der Waals surface area contributed by atoms with E-state index in [1.54, 1.807) is 7.11 Å². The van der Waals surface area contributed by atoms with Crippen LogP contribution in [0.4, 0.5) is 5.69 Å². The molecule has 1 aromatic rings. The van der Waals surface area contributed by atoms with E-state index < -0.39 is 0 Å². The summed E-state index contributed by atoms with van der Waals surface area (Å²) in [7, 11) is 1.67. The van der Waals surface area contributed by atoms with Crippen LogP contribution in [-0.4, -0.2) is 30.0 Å². The van der Waals surface area contributed by atoms with Crippen molar-refractivity contribution in [2.24, 2.45) is 0 Å². The first-order chi connectivity index (χ1) is 8.85. The highest BCUT2D eigenvalue weighted by Crippen LogP contribution is 2.28. The van der Waals surface area contributed by atoms with Gasteiger partial charge in [-0.05, 0) is 18.9 Å². The van der Waals surface area contributed by atoms with Crippen LogP contribution in [0.25, 0.3) is 0 Å². The molecule has 0 spiro atoms. The third-order valence-corrected chi connectivity index (χ3v) is 3.95. The van der Waals surface area contributed by atoms with Gasteiger partial charge in [0.25, 0.3) is 0 Å². The number of hydrogen-bond acceptors (Lipinski definition) is 3. The monoisotopic (exact) mass is 312 g/mol. The summed E-state index contributed by atoms with van der Waals surface area (Å²) in [4.78, 5) is 6.68. The molecule has 100 valence electrons. The third kappa shape index (κ3) is 3.37. The van der Waals surface area contributed by atoms with Gasteiger partial charge >= 0.3 is 0 Å². The van der Waals surface area contributed by atoms with Crippen molar-refractivity contribution in [1.29, 1.82) is 0 Å². The molecule has 1 heterocycles. The topological polar surface area (TPSA) is 25.4 Å². The molecule has 0 aliphatic heterocycles. The minimum Gasteiger partial charge on any atom is -0.481 e. The summed E-state index contributed by atoms with van der Waals surface area (Å²) >= 11 is 3.56. The zero-order valence-corrected chi connectivity index (χ0v) is 12.5. The van der Waals surface area contributed by atoms with Gasteiger partial charge in [0.2, 0.25) is 5.88 Å². The van der Waals surface area contributed by atoms with Gasteiger partial charge in [0, 0.05) is 35.9 Å². The number of pyridine rings is 1. The molecular formula is C14H21BrN2O. The number of alkyl halides is 1. The number of hydrogen-bond donors (Lipinski definition) is 0. The molecule has 4 heteroatoms. The summed E-state index contributed by atoms with van der Waals surface area (Å²) in [5, 5.41) is 0.994. The van der Waals surface area contributed by atoms with E-state index in [-0.39, 0.29) is 0 Å². The van der Waals surface area contributed by atoms with E-state index in [1.165, 1.54) is 37.8 Å². The van der Waals surface area contributed by atoms with Gasteiger partial charge in [0.1, 0.15) is 0 Å². The van der Waals surface area contributed by atoms with Crippen LogP contribution in [0.15, 0.2) is 18.3 Å². The molecule has 0 saturated heterocycles. The standard InChI is InChI=1S/C14H21BrN2O/c1-18-14-11-13(7-9-16-14)17(10-8-15)12-5-3-2-4-6-12/h7,9,11-12H,2-6,8,10H2,1H3. The first-order valence-corrected chi connectivity index (χ1v) is 7.80. The lowest BCUT2D eigenvalue weighted by atomic mass is 9.94. The molecule has 2 rings (SSSR count). The number of halogens is 1. The Kier molecular flexibility index (Phi) is 5.29. The molecule has 0 N–H and O–H groups in total. The van der Waals surface area contributed by atoms with Gasteiger partial charge in [-0.1, -0.05) is 35.2 Å². The minimum atomic E-state index is 0.670. The fourth-order valence-corrected chi connectivity index (χ4v) is 3.08. The van der Waals surface area contributed by atoms with Gasteiger partial charge in [0.05, 0.1) is 7.11 Å². The van der Waals surface area contributed by atoms with Crippen LogP contribution in [0.5, 0.6) is 5.88 Å². The van der Waals surface area contributed by atoms with Crippen molar-refractivity contribution in [3.05, 3.63) is 18.3 Å². The average molecular weight is 313 g/mol. The highest BCUT2D eigenvalue weighted by Gasteiger charge is 2.21. The van der Waals surface area contributed by atoms with Crippen LogP contribution >= 0.6 is 15.9 Å². The summed E-state index contributed by atoms with van der Waals surface area (Å²) < 4.78 is 5.22. The van der Waals surface area contributed by atoms with E-state index in [2.05, 4.69) is 31.9 Å². The minimum absolute atomic E-state index is 0.670. The zero-order chi connectivity index (χ0) is 12.8. The largest absolute Gasteiger partial charge is 0.481 e. The Morgan fingerprint density at radius 2 is 2.17 bits per heavy atom. The van der Waals surface area contributed by atoms with Crippen molar-refractivity contribution in [3.8, 4) is 5.88 Å². The zero-order valence-electron chi connectivity index (χ0n) is 10.9. The fourth-order valence-electron chi connectivity index (χ4n) is 2.70. The summed E-state index contributed by atoms with van der Waals surface area (Å²) in [6.07, 6.45) is 8.53. The smallest absolute Gasteiger partial charge is 0.214 e. The number of methoxy groups -OCH3 is 1. The number of anilines is 1. The van der Waals surface area contributed by atoms with Gasteiger partial charge in [-0.2, -0.15) is 0 Å². The third-order valence-electron chi connectivity index (χ3n) is 3.60. The van der Waals surface area contributed by atoms with E-state index in [9.17, 15) is 0 Å². The van der Waals surface area contributed by atoms with Crippen LogP contribution in [0.2, 0.25) is 0 Å². The van der Waals surface area contributed by atoms with Crippen molar-refractivity contribution < 1.29 is 4.74 Å². The predicted molar refractivity (Wildman–Crippen MR) is 78.8 cm³/mol. The van der Waals surface area contributed by atoms with E-state index in [4.69, 9.17) is 4.74 Å². The lowest BCUT2D eigenvalue weighted by Gasteiger charge is -2.35. The van der Waals surface area contributed by atoms with E-state index in [1.807, 2.05) is 12.3 Å². The molecule has 1 aliphatic rings. The molecule has 1 saturated carbocycles. The van der Waals surface area contributed by atoms with Gasteiger partial charge in [-0.3, -0.25) is 0 Å². The Balaban J connectivity index is 2.16. The maximum Gasteiger partial charge on any atom is 0.214 e. The van der Waals surface area contributed by atoms with Gasteiger partial charge in [-0.15, -0.1) is 0 Å². The Labute approximate surface area is 118 Å². The highest BCUT2D eigenvalue weighted by atomic mass is 79.9. The van der Waals surface area contributed by atoms with Crippen LogP contribution in [0, 0.1) is 0 Å². The Morgan fingerprint density at radius 3 is 2.83 bits per heavy atom. The summed E-state index contributed by atoms with van der Waals surface area (Å²) in [6, 6.07) is 4.79.